The van der Waals surface area contributed by atoms with E-state index in [0.717, 1.165) is 55.8 Å². The summed E-state index contributed by atoms with van der Waals surface area (Å²) < 4.78 is 30.2. The lowest BCUT2D eigenvalue weighted by Gasteiger charge is -2.22. The summed E-state index contributed by atoms with van der Waals surface area (Å²) in [5.41, 5.74) is 0. The molecule has 0 radical (unpaired) electrons. The van der Waals surface area contributed by atoms with Crippen LogP contribution in [0, 0.1) is 0 Å². The summed E-state index contributed by atoms with van der Waals surface area (Å²) >= 11 is 1.45. The highest BCUT2D eigenvalue weighted by atomic mass is 32.2. The molecule has 0 unspecified atom stereocenters. The van der Waals surface area contributed by atoms with Crippen LogP contribution in [0.25, 0.3) is 0 Å². The van der Waals surface area contributed by atoms with Gasteiger partial charge in [-0.3, -0.25) is 0 Å². The minimum atomic E-state index is -3.45. The molecule has 0 atom stereocenters. The van der Waals surface area contributed by atoms with Crippen molar-refractivity contribution in [2.45, 2.75) is 24.7 Å². The van der Waals surface area contributed by atoms with E-state index in [-0.39, 0.29) is 4.90 Å². The molecule has 3 rings (SSSR count). The SMILES string of the molecule is CCc1nsc(N2CCCN(c3ccc(S(=O)(=O)NC)cn3)CC2)n1. The highest BCUT2D eigenvalue weighted by Gasteiger charge is 2.19. The van der Waals surface area contributed by atoms with Crippen LogP contribution in [0.5, 0.6) is 0 Å². The third-order valence-electron chi connectivity index (χ3n) is 4.16. The van der Waals surface area contributed by atoms with E-state index in [1.54, 1.807) is 12.1 Å². The molecule has 2 aromatic heterocycles. The molecule has 0 bridgehead atoms. The fourth-order valence-electron chi connectivity index (χ4n) is 2.69. The van der Waals surface area contributed by atoms with Gasteiger partial charge >= 0.3 is 0 Å². The van der Waals surface area contributed by atoms with Gasteiger partial charge in [-0.2, -0.15) is 4.37 Å². The fraction of sp³-hybridized carbons (Fsp3) is 0.533. The average Bonchev–Trinajstić information content (AvgIpc) is 2.99. The quantitative estimate of drug-likeness (QED) is 0.828. The number of hydrogen-bond donors (Lipinski definition) is 1. The maximum Gasteiger partial charge on any atom is 0.241 e. The normalized spacial score (nSPS) is 16.1. The van der Waals surface area contributed by atoms with E-state index in [0.29, 0.717) is 0 Å². The van der Waals surface area contributed by atoms with Gasteiger partial charge in [0.2, 0.25) is 15.2 Å². The van der Waals surface area contributed by atoms with Crippen molar-refractivity contribution >= 4 is 32.5 Å². The summed E-state index contributed by atoms with van der Waals surface area (Å²) in [5.74, 6) is 1.69. The monoisotopic (exact) mass is 382 g/mol. The van der Waals surface area contributed by atoms with Gasteiger partial charge in [-0.15, -0.1) is 0 Å². The molecule has 1 saturated heterocycles. The Morgan fingerprint density at radius 1 is 1.20 bits per heavy atom. The highest BCUT2D eigenvalue weighted by Crippen LogP contribution is 2.21. The minimum absolute atomic E-state index is 0.177. The van der Waals surface area contributed by atoms with Crippen LogP contribution in [0.2, 0.25) is 0 Å². The third kappa shape index (κ3) is 4.07. The lowest BCUT2D eigenvalue weighted by atomic mass is 10.3. The molecule has 0 aromatic carbocycles. The van der Waals surface area contributed by atoms with E-state index in [2.05, 4.69) is 35.8 Å². The van der Waals surface area contributed by atoms with Gasteiger partial charge in [0.05, 0.1) is 0 Å². The largest absolute Gasteiger partial charge is 0.355 e. The van der Waals surface area contributed by atoms with Crippen molar-refractivity contribution in [1.82, 2.24) is 19.1 Å². The second-order valence-corrected chi connectivity index (χ2v) is 8.35. The summed E-state index contributed by atoms with van der Waals surface area (Å²) in [4.78, 5) is 13.5. The maximum absolute atomic E-state index is 11.8. The van der Waals surface area contributed by atoms with Crippen molar-refractivity contribution in [3.05, 3.63) is 24.2 Å². The molecule has 25 heavy (non-hydrogen) atoms. The molecular weight excluding hydrogens is 360 g/mol. The van der Waals surface area contributed by atoms with E-state index in [4.69, 9.17) is 0 Å². The molecule has 0 spiro atoms. The fourth-order valence-corrected chi connectivity index (χ4v) is 4.17. The summed E-state index contributed by atoms with van der Waals surface area (Å²) in [7, 11) is -2.06. The Hall–Kier alpha value is -1.78. The Labute approximate surface area is 152 Å². The predicted octanol–water partition coefficient (Wildman–Crippen LogP) is 1.12. The number of hydrogen-bond acceptors (Lipinski definition) is 8. The van der Waals surface area contributed by atoms with Gasteiger partial charge in [0.1, 0.15) is 16.5 Å². The number of nitrogens with zero attached hydrogens (tertiary/aromatic N) is 5. The predicted molar refractivity (Wildman–Crippen MR) is 98.8 cm³/mol. The molecular formula is C15H22N6O2S2. The van der Waals surface area contributed by atoms with Crippen LogP contribution in [0.15, 0.2) is 23.2 Å². The molecule has 0 saturated carbocycles. The molecule has 1 aliphatic rings. The summed E-state index contributed by atoms with van der Waals surface area (Å²) in [5, 5.41) is 0.974. The molecule has 136 valence electrons. The van der Waals surface area contributed by atoms with Crippen LogP contribution in [0.3, 0.4) is 0 Å². The van der Waals surface area contributed by atoms with Gasteiger partial charge in [0.15, 0.2) is 0 Å². The zero-order chi connectivity index (χ0) is 17.9. The number of rotatable bonds is 5. The molecule has 1 aliphatic heterocycles. The number of pyridine rings is 1. The Morgan fingerprint density at radius 2 is 1.96 bits per heavy atom. The van der Waals surface area contributed by atoms with Gasteiger partial charge < -0.3 is 9.80 Å². The molecule has 2 aromatic rings. The van der Waals surface area contributed by atoms with Crippen LogP contribution in [-0.2, 0) is 16.4 Å². The Bertz CT molecular complexity index is 806. The standard InChI is InChI=1S/C15H22N6O2S2/c1-3-13-18-15(24-19-13)21-8-4-7-20(9-10-21)14-6-5-12(11-17-14)25(22,23)16-2/h5-6,11,16H,3-4,7-10H2,1-2H3. The lowest BCUT2D eigenvalue weighted by molar-refractivity contribution is 0.588. The smallest absolute Gasteiger partial charge is 0.241 e. The van der Waals surface area contributed by atoms with Crippen LogP contribution in [0.1, 0.15) is 19.2 Å². The van der Waals surface area contributed by atoms with E-state index < -0.39 is 10.0 Å². The number of aryl methyl sites for hydroxylation is 1. The Balaban J connectivity index is 1.68. The first kappa shape index (κ1) is 18.0. The van der Waals surface area contributed by atoms with Crippen LogP contribution >= 0.6 is 11.5 Å². The molecule has 1 N–H and O–H groups in total. The van der Waals surface area contributed by atoms with Crippen molar-refractivity contribution < 1.29 is 8.42 Å². The van der Waals surface area contributed by atoms with Crippen molar-refractivity contribution in [3.63, 3.8) is 0 Å². The van der Waals surface area contributed by atoms with Gasteiger partial charge in [0, 0.05) is 50.3 Å². The van der Waals surface area contributed by atoms with Crippen LogP contribution in [0.4, 0.5) is 10.9 Å². The van der Waals surface area contributed by atoms with E-state index >= 15 is 0 Å². The number of nitrogens with one attached hydrogen (secondary N) is 1. The molecule has 10 heteroatoms. The van der Waals surface area contributed by atoms with Crippen LogP contribution in [-0.4, -0.2) is 56.0 Å². The highest BCUT2D eigenvalue weighted by molar-refractivity contribution is 7.89. The van der Waals surface area contributed by atoms with E-state index in [1.165, 1.54) is 24.8 Å². The maximum atomic E-state index is 11.8. The number of aromatic nitrogens is 3. The molecule has 3 heterocycles. The molecule has 0 aliphatic carbocycles. The van der Waals surface area contributed by atoms with Gasteiger partial charge in [-0.25, -0.2) is 23.1 Å². The second kappa shape index (κ2) is 7.63. The van der Waals surface area contributed by atoms with E-state index in [9.17, 15) is 8.42 Å². The summed E-state index contributed by atoms with van der Waals surface area (Å²) in [6.07, 6.45) is 3.24. The van der Waals surface area contributed by atoms with Gasteiger partial charge in [-0.1, -0.05) is 6.92 Å². The van der Waals surface area contributed by atoms with Crippen molar-refractivity contribution in [1.29, 1.82) is 0 Å². The number of sulfonamides is 1. The molecule has 1 fully saturated rings. The van der Waals surface area contributed by atoms with Crippen LogP contribution < -0.4 is 14.5 Å². The Morgan fingerprint density at radius 3 is 2.60 bits per heavy atom. The molecule has 0 amide bonds. The summed E-state index contributed by atoms with van der Waals surface area (Å²) in [6, 6.07) is 3.36. The third-order valence-corrected chi connectivity index (χ3v) is 6.38. The zero-order valence-corrected chi connectivity index (χ0v) is 16.0. The average molecular weight is 383 g/mol. The number of anilines is 2. The van der Waals surface area contributed by atoms with Crippen molar-refractivity contribution in [2.24, 2.45) is 0 Å². The topological polar surface area (TPSA) is 91.3 Å². The first-order valence-corrected chi connectivity index (χ1v) is 10.5. The van der Waals surface area contributed by atoms with Gasteiger partial charge in [0.25, 0.3) is 0 Å². The van der Waals surface area contributed by atoms with E-state index in [1.807, 2.05) is 0 Å². The van der Waals surface area contributed by atoms with Crippen molar-refractivity contribution in [3.8, 4) is 0 Å². The van der Waals surface area contributed by atoms with Crippen molar-refractivity contribution in [2.75, 3.05) is 43.0 Å². The lowest BCUT2D eigenvalue weighted by Crippen LogP contribution is -2.31. The Kier molecular flexibility index (Phi) is 5.50. The minimum Gasteiger partial charge on any atom is -0.355 e. The first-order chi connectivity index (χ1) is 12.0. The summed E-state index contributed by atoms with van der Waals surface area (Å²) in [6.45, 7) is 5.52. The van der Waals surface area contributed by atoms with Gasteiger partial charge in [-0.05, 0) is 25.6 Å². The second-order valence-electron chi connectivity index (χ2n) is 5.73. The molecule has 8 nitrogen and oxygen atoms in total. The first-order valence-electron chi connectivity index (χ1n) is 8.25. The zero-order valence-electron chi connectivity index (χ0n) is 14.3.